The summed E-state index contributed by atoms with van der Waals surface area (Å²) in [5, 5.41) is 2.07. The van der Waals surface area contributed by atoms with Gasteiger partial charge in [0.15, 0.2) is 0 Å². The molecule has 1 aliphatic carbocycles. The Morgan fingerprint density at radius 3 is 2.58 bits per heavy atom. The maximum Gasteiger partial charge on any atom is 0.242 e. The fraction of sp³-hybridized carbons (Fsp3) is 0.643. The lowest BCUT2D eigenvalue weighted by Crippen LogP contribution is -2.55. The summed E-state index contributed by atoms with van der Waals surface area (Å²) in [6.07, 6.45) is 5.03. The van der Waals surface area contributed by atoms with Crippen LogP contribution in [0.2, 0.25) is 0 Å². The standard InChI is InChI=1S/C14H22N2OS.ClH/c1-11-6-9-18-12(11)10-16(2)13(17)14(15)7-4-3-5-8-14;/h6,9H,3-5,7-8,10,15H2,1-2H3;1H. The van der Waals surface area contributed by atoms with E-state index in [2.05, 4.69) is 18.4 Å². The number of hydrogen-bond acceptors (Lipinski definition) is 3. The molecule has 0 aliphatic heterocycles. The zero-order chi connectivity index (χ0) is 13.2. The summed E-state index contributed by atoms with van der Waals surface area (Å²) >= 11 is 1.71. The molecule has 1 fully saturated rings. The van der Waals surface area contributed by atoms with Crippen molar-refractivity contribution >= 4 is 29.7 Å². The minimum Gasteiger partial charge on any atom is -0.339 e. The number of nitrogens with two attached hydrogens (primary N) is 1. The molecule has 19 heavy (non-hydrogen) atoms. The monoisotopic (exact) mass is 302 g/mol. The zero-order valence-corrected chi connectivity index (χ0v) is 13.3. The first kappa shape index (κ1) is 16.5. The van der Waals surface area contributed by atoms with Gasteiger partial charge in [0.2, 0.25) is 5.91 Å². The molecular formula is C14H23ClN2OS. The molecule has 0 bridgehead atoms. The number of thiophene rings is 1. The highest BCUT2D eigenvalue weighted by Crippen LogP contribution is 2.28. The van der Waals surface area contributed by atoms with Crippen LogP contribution in [0.3, 0.4) is 0 Å². The number of aryl methyl sites for hydroxylation is 1. The molecule has 1 aliphatic rings. The smallest absolute Gasteiger partial charge is 0.242 e. The van der Waals surface area contributed by atoms with Crippen LogP contribution in [-0.2, 0) is 11.3 Å². The van der Waals surface area contributed by atoms with Crippen LogP contribution in [0.25, 0.3) is 0 Å². The maximum absolute atomic E-state index is 12.5. The average Bonchev–Trinajstić information content (AvgIpc) is 2.75. The Morgan fingerprint density at radius 2 is 2.05 bits per heavy atom. The molecule has 1 heterocycles. The van der Waals surface area contributed by atoms with Crippen molar-refractivity contribution < 1.29 is 4.79 Å². The van der Waals surface area contributed by atoms with E-state index in [0.717, 1.165) is 25.7 Å². The Morgan fingerprint density at radius 1 is 1.42 bits per heavy atom. The molecule has 0 saturated heterocycles. The van der Waals surface area contributed by atoms with Crippen molar-refractivity contribution in [2.75, 3.05) is 7.05 Å². The van der Waals surface area contributed by atoms with E-state index in [-0.39, 0.29) is 18.3 Å². The van der Waals surface area contributed by atoms with Crippen LogP contribution < -0.4 is 5.73 Å². The van der Waals surface area contributed by atoms with Gasteiger partial charge in [-0.2, -0.15) is 0 Å². The van der Waals surface area contributed by atoms with E-state index in [9.17, 15) is 4.79 Å². The van der Waals surface area contributed by atoms with Crippen molar-refractivity contribution in [1.82, 2.24) is 4.90 Å². The number of amides is 1. The third kappa shape index (κ3) is 3.71. The fourth-order valence-electron chi connectivity index (χ4n) is 2.63. The summed E-state index contributed by atoms with van der Waals surface area (Å²) in [6.45, 7) is 2.77. The third-order valence-corrected chi connectivity index (χ3v) is 4.88. The van der Waals surface area contributed by atoms with E-state index < -0.39 is 5.54 Å². The van der Waals surface area contributed by atoms with Crippen molar-refractivity contribution in [2.45, 2.75) is 51.1 Å². The van der Waals surface area contributed by atoms with Crippen LogP contribution in [0, 0.1) is 6.92 Å². The van der Waals surface area contributed by atoms with Crippen molar-refractivity contribution in [3.63, 3.8) is 0 Å². The molecule has 2 N–H and O–H groups in total. The molecule has 3 nitrogen and oxygen atoms in total. The molecule has 1 saturated carbocycles. The van der Waals surface area contributed by atoms with Crippen molar-refractivity contribution in [3.8, 4) is 0 Å². The molecule has 2 rings (SSSR count). The summed E-state index contributed by atoms with van der Waals surface area (Å²) in [5.41, 5.74) is 6.93. The molecule has 0 radical (unpaired) electrons. The number of likely N-dealkylation sites (N-methyl/N-ethyl adjacent to an activating group) is 1. The van der Waals surface area contributed by atoms with Gasteiger partial charge in [0, 0.05) is 11.9 Å². The van der Waals surface area contributed by atoms with E-state index in [1.54, 1.807) is 16.2 Å². The highest BCUT2D eigenvalue weighted by atomic mass is 35.5. The van der Waals surface area contributed by atoms with E-state index in [1.807, 2.05) is 7.05 Å². The van der Waals surface area contributed by atoms with E-state index in [1.165, 1.54) is 16.9 Å². The molecule has 1 aromatic rings. The Labute approximate surface area is 125 Å². The molecule has 0 atom stereocenters. The first-order valence-electron chi connectivity index (χ1n) is 6.60. The predicted molar refractivity (Wildman–Crippen MR) is 82.8 cm³/mol. The van der Waals surface area contributed by atoms with Gasteiger partial charge in [-0.1, -0.05) is 19.3 Å². The Bertz CT molecular complexity index is 427. The van der Waals surface area contributed by atoms with Crippen LogP contribution >= 0.6 is 23.7 Å². The van der Waals surface area contributed by atoms with Crippen molar-refractivity contribution in [3.05, 3.63) is 21.9 Å². The molecule has 5 heteroatoms. The topological polar surface area (TPSA) is 46.3 Å². The van der Waals surface area contributed by atoms with Crippen molar-refractivity contribution in [2.24, 2.45) is 5.73 Å². The average molecular weight is 303 g/mol. The molecule has 108 valence electrons. The van der Waals surface area contributed by atoms with Gasteiger partial charge in [-0.15, -0.1) is 23.7 Å². The Kier molecular flexibility index (Phi) is 5.83. The Balaban J connectivity index is 0.00000180. The summed E-state index contributed by atoms with van der Waals surface area (Å²) in [5.74, 6) is 0.106. The number of carbonyl (C=O) groups is 1. The van der Waals surface area contributed by atoms with E-state index in [0.29, 0.717) is 6.54 Å². The van der Waals surface area contributed by atoms with Crippen molar-refractivity contribution in [1.29, 1.82) is 0 Å². The van der Waals surface area contributed by atoms with Gasteiger partial charge < -0.3 is 10.6 Å². The molecular weight excluding hydrogens is 280 g/mol. The van der Waals surface area contributed by atoms with E-state index >= 15 is 0 Å². The second-order valence-corrected chi connectivity index (χ2v) is 6.41. The molecule has 0 aromatic carbocycles. The second-order valence-electron chi connectivity index (χ2n) is 5.40. The summed E-state index contributed by atoms with van der Waals surface area (Å²) in [6, 6.07) is 2.09. The number of halogens is 1. The highest BCUT2D eigenvalue weighted by molar-refractivity contribution is 7.10. The minimum atomic E-state index is -0.613. The molecule has 0 spiro atoms. The minimum absolute atomic E-state index is 0. The molecule has 1 aromatic heterocycles. The third-order valence-electron chi connectivity index (χ3n) is 3.87. The largest absolute Gasteiger partial charge is 0.339 e. The maximum atomic E-state index is 12.5. The van der Waals surface area contributed by atoms with Crippen LogP contribution in [0.1, 0.15) is 42.5 Å². The lowest BCUT2D eigenvalue weighted by atomic mass is 9.81. The van der Waals surface area contributed by atoms with Crippen LogP contribution in [0.4, 0.5) is 0 Å². The Hall–Kier alpha value is -0.580. The van der Waals surface area contributed by atoms with Gasteiger partial charge in [-0.25, -0.2) is 0 Å². The van der Waals surface area contributed by atoms with Crippen LogP contribution in [0.15, 0.2) is 11.4 Å². The normalized spacial score (nSPS) is 17.6. The van der Waals surface area contributed by atoms with Gasteiger partial charge >= 0.3 is 0 Å². The summed E-state index contributed by atoms with van der Waals surface area (Å²) in [4.78, 5) is 15.5. The number of nitrogens with zero attached hydrogens (tertiary/aromatic N) is 1. The van der Waals surface area contributed by atoms with Gasteiger partial charge in [0.05, 0.1) is 12.1 Å². The second kappa shape index (κ2) is 6.73. The predicted octanol–water partition coefficient (Wildman–Crippen LogP) is 3.10. The van der Waals surface area contributed by atoms with Gasteiger partial charge in [0.25, 0.3) is 0 Å². The number of hydrogen-bond donors (Lipinski definition) is 1. The fourth-order valence-corrected chi connectivity index (χ4v) is 3.59. The van der Waals surface area contributed by atoms with E-state index in [4.69, 9.17) is 5.73 Å². The summed E-state index contributed by atoms with van der Waals surface area (Å²) in [7, 11) is 1.87. The van der Waals surface area contributed by atoms with Crippen LogP contribution in [0.5, 0.6) is 0 Å². The SMILES string of the molecule is Cc1ccsc1CN(C)C(=O)C1(N)CCCCC1.Cl. The number of carbonyl (C=O) groups excluding carboxylic acids is 1. The summed E-state index contributed by atoms with van der Waals surface area (Å²) < 4.78 is 0. The van der Waals surface area contributed by atoms with Crippen LogP contribution in [-0.4, -0.2) is 23.4 Å². The lowest BCUT2D eigenvalue weighted by molar-refractivity contribution is -0.137. The first-order chi connectivity index (χ1) is 8.53. The van der Waals surface area contributed by atoms with Gasteiger partial charge in [0.1, 0.15) is 0 Å². The van der Waals surface area contributed by atoms with Gasteiger partial charge in [-0.3, -0.25) is 4.79 Å². The quantitative estimate of drug-likeness (QED) is 0.932. The molecule has 0 unspecified atom stereocenters. The molecule has 1 amide bonds. The number of rotatable bonds is 3. The van der Waals surface area contributed by atoms with Gasteiger partial charge in [-0.05, 0) is 36.8 Å². The highest BCUT2D eigenvalue weighted by Gasteiger charge is 2.37. The zero-order valence-electron chi connectivity index (χ0n) is 11.6. The lowest BCUT2D eigenvalue weighted by Gasteiger charge is -2.35. The first-order valence-corrected chi connectivity index (χ1v) is 7.48.